The molecule has 0 heterocycles. The molecular formula is C23H25NO2. The van der Waals surface area contributed by atoms with E-state index < -0.39 is 0 Å². The van der Waals surface area contributed by atoms with Crippen LogP contribution in [0.2, 0.25) is 0 Å². The normalized spacial score (nSPS) is 12.2. The van der Waals surface area contributed by atoms with Crippen LogP contribution in [0.25, 0.3) is 10.8 Å². The first-order chi connectivity index (χ1) is 12.5. The number of benzene rings is 3. The van der Waals surface area contributed by atoms with E-state index >= 15 is 0 Å². The van der Waals surface area contributed by atoms with Crippen LogP contribution in [0.3, 0.4) is 0 Å². The molecule has 1 atom stereocenters. The summed E-state index contributed by atoms with van der Waals surface area (Å²) in [6.07, 6.45) is 0. The molecule has 3 rings (SSSR count). The van der Waals surface area contributed by atoms with Crippen molar-refractivity contribution in [2.45, 2.75) is 32.7 Å². The van der Waals surface area contributed by atoms with Gasteiger partial charge in [-0.25, -0.2) is 0 Å². The number of fused-ring (bicyclic) bond motifs is 1. The summed E-state index contributed by atoms with van der Waals surface area (Å²) in [6.45, 7) is 6.71. The predicted molar refractivity (Wildman–Crippen MR) is 107 cm³/mol. The number of hydrogen-bond acceptors (Lipinski definition) is 2. The third-order valence-corrected chi connectivity index (χ3v) is 4.44. The highest BCUT2D eigenvalue weighted by atomic mass is 16.5. The van der Waals surface area contributed by atoms with Crippen LogP contribution in [-0.2, 0) is 0 Å². The summed E-state index contributed by atoms with van der Waals surface area (Å²) in [5.41, 5.74) is 1.95. The Bertz CT molecular complexity index is 884. The van der Waals surface area contributed by atoms with Gasteiger partial charge in [0.2, 0.25) is 0 Å². The maximum Gasteiger partial charge on any atom is 0.251 e. The fraction of sp³-hybridized carbons (Fsp3) is 0.261. The molecule has 0 aromatic heterocycles. The average Bonchev–Trinajstić information content (AvgIpc) is 2.66. The molecule has 1 unspecified atom stereocenters. The number of nitrogens with one attached hydrogen (secondary N) is 1. The maximum atomic E-state index is 12.5. The second kappa shape index (κ2) is 8.05. The van der Waals surface area contributed by atoms with E-state index in [-0.39, 0.29) is 11.9 Å². The van der Waals surface area contributed by atoms with Crippen molar-refractivity contribution in [3.8, 4) is 5.75 Å². The Morgan fingerprint density at radius 3 is 2.31 bits per heavy atom. The minimum atomic E-state index is -0.0845. The van der Waals surface area contributed by atoms with Gasteiger partial charge in [0.15, 0.2) is 0 Å². The maximum absolute atomic E-state index is 12.5. The van der Waals surface area contributed by atoms with E-state index in [0.717, 1.165) is 16.5 Å². The van der Waals surface area contributed by atoms with Crippen LogP contribution in [0.1, 0.15) is 42.6 Å². The van der Waals surface area contributed by atoms with Gasteiger partial charge in [-0.15, -0.1) is 0 Å². The molecule has 1 N–H and O–H groups in total. The van der Waals surface area contributed by atoms with Crippen LogP contribution in [0.5, 0.6) is 5.75 Å². The summed E-state index contributed by atoms with van der Waals surface area (Å²) in [5.74, 6) is 1.24. The van der Waals surface area contributed by atoms with Gasteiger partial charge in [-0.05, 0) is 53.4 Å². The van der Waals surface area contributed by atoms with Gasteiger partial charge in [0, 0.05) is 5.56 Å². The molecule has 0 radical (unpaired) electrons. The molecule has 26 heavy (non-hydrogen) atoms. The van der Waals surface area contributed by atoms with Gasteiger partial charge in [-0.1, -0.05) is 56.3 Å². The Morgan fingerprint density at radius 2 is 1.62 bits per heavy atom. The molecule has 0 spiro atoms. The molecule has 0 aliphatic heterocycles. The van der Waals surface area contributed by atoms with E-state index in [4.69, 9.17) is 4.74 Å². The zero-order valence-electron chi connectivity index (χ0n) is 15.5. The van der Waals surface area contributed by atoms with Crippen LogP contribution < -0.4 is 10.1 Å². The number of hydrogen-bond donors (Lipinski definition) is 1. The molecule has 0 saturated carbocycles. The van der Waals surface area contributed by atoms with Crippen molar-refractivity contribution in [3.05, 3.63) is 77.9 Å². The zero-order chi connectivity index (χ0) is 18.5. The Hall–Kier alpha value is -2.81. The van der Waals surface area contributed by atoms with Crippen molar-refractivity contribution in [2.24, 2.45) is 0 Å². The fourth-order valence-electron chi connectivity index (χ4n) is 2.85. The van der Waals surface area contributed by atoms with Crippen LogP contribution in [0.15, 0.2) is 66.7 Å². The van der Waals surface area contributed by atoms with E-state index in [9.17, 15) is 4.79 Å². The van der Waals surface area contributed by atoms with E-state index in [1.807, 2.05) is 61.5 Å². The molecule has 134 valence electrons. The smallest absolute Gasteiger partial charge is 0.251 e. The van der Waals surface area contributed by atoms with E-state index in [1.54, 1.807) is 0 Å². The molecule has 3 aromatic carbocycles. The first-order valence-corrected chi connectivity index (χ1v) is 9.05. The third-order valence-electron chi connectivity index (χ3n) is 4.44. The third kappa shape index (κ3) is 4.42. The van der Waals surface area contributed by atoms with Crippen LogP contribution in [0.4, 0.5) is 0 Å². The van der Waals surface area contributed by atoms with Crippen molar-refractivity contribution in [1.29, 1.82) is 0 Å². The minimum Gasteiger partial charge on any atom is -0.491 e. The standard InChI is InChI=1S/C23H25NO2/c1-16(2)18-10-12-22(13-11-18)26-15-17(3)24-23(25)21-9-8-19-6-4-5-7-20(19)14-21/h4-14,16-17H,15H2,1-3H3,(H,24,25). The lowest BCUT2D eigenvalue weighted by molar-refractivity contribution is 0.0927. The first kappa shape index (κ1) is 18.0. The Balaban J connectivity index is 1.56. The molecule has 1 amide bonds. The lowest BCUT2D eigenvalue weighted by Gasteiger charge is -2.16. The molecule has 0 aliphatic rings. The highest BCUT2D eigenvalue weighted by molar-refractivity contribution is 5.98. The van der Waals surface area contributed by atoms with Crippen molar-refractivity contribution < 1.29 is 9.53 Å². The summed E-state index contributed by atoms with van der Waals surface area (Å²) in [5, 5.41) is 5.19. The van der Waals surface area contributed by atoms with Crippen LogP contribution >= 0.6 is 0 Å². The van der Waals surface area contributed by atoms with Gasteiger partial charge >= 0.3 is 0 Å². The summed E-state index contributed by atoms with van der Waals surface area (Å²) >= 11 is 0. The van der Waals surface area contributed by atoms with Gasteiger partial charge in [0.1, 0.15) is 12.4 Å². The molecule has 3 heteroatoms. The summed E-state index contributed by atoms with van der Waals surface area (Å²) in [7, 11) is 0. The van der Waals surface area contributed by atoms with E-state index in [0.29, 0.717) is 18.1 Å². The molecule has 0 bridgehead atoms. The number of carbonyl (C=O) groups excluding carboxylic acids is 1. The zero-order valence-corrected chi connectivity index (χ0v) is 15.5. The quantitative estimate of drug-likeness (QED) is 0.669. The molecule has 0 aliphatic carbocycles. The highest BCUT2D eigenvalue weighted by Gasteiger charge is 2.11. The highest BCUT2D eigenvalue weighted by Crippen LogP contribution is 2.19. The Kier molecular flexibility index (Phi) is 5.57. The lowest BCUT2D eigenvalue weighted by Crippen LogP contribution is -2.36. The van der Waals surface area contributed by atoms with Crippen LogP contribution in [0, 0.1) is 0 Å². The largest absolute Gasteiger partial charge is 0.491 e. The van der Waals surface area contributed by atoms with Crippen molar-refractivity contribution >= 4 is 16.7 Å². The topological polar surface area (TPSA) is 38.3 Å². The van der Waals surface area contributed by atoms with Gasteiger partial charge < -0.3 is 10.1 Å². The summed E-state index contributed by atoms with van der Waals surface area (Å²) in [6, 6.07) is 21.8. The first-order valence-electron chi connectivity index (χ1n) is 9.05. The lowest BCUT2D eigenvalue weighted by atomic mass is 10.0. The Morgan fingerprint density at radius 1 is 0.923 bits per heavy atom. The second-order valence-electron chi connectivity index (χ2n) is 6.97. The number of carbonyl (C=O) groups is 1. The molecule has 3 nitrogen and oxygen atoms in total. The summed E-state index contributed by atoms with van der Waals surface area (Å²) in [4.78, 5) is 12.5. The molecule has 3 aromatic rings. The SMILES string of the molecule is CC(COc1ccc(C(C)C)cc1)NC(=O)c1ccc2ccccc2c1. The van der Waals surface area contributed by atoms with Gasteiger partial charge in [-0.2, -0.15) is 0 Å². The minimum absolute atomic E-state index is 0.0815. The van der Waals surface area contributed by atoms with Crippen molar-refractivity contribution in [3.63, 3.8) is 0 Å². The van der Waals surface area contributed by atoms with Crippen molar-refractivity contribution in [2.75, 3.05) is 6.61 Å². The fourth-order valence-corrected chi connectivity index (χ4v) is 2.85. The van der Waals surface area contributed by atoms with Crippen molar-refractivity contribution in [1.82, 2.24) is 5.32 Å². The number of rotatable bonds is 6. The number of amides is 1. The van der Waals surface area contributed by atoms with Gasteiger partial charge in [-0.3, -0.25) is 4.79 Å². The average molecular weight is 347 g/mol. The van der Waals surface area contributed by atoms with Gasteiger partial charge in [0.05, 0.1) is 6.04 Å². The second-order valence-corrected chi connectivity index (χ2v) is 6.97. The Labute approximate surface area is 155 Å². The molecule has 0 fully saturated rings. The number of ether oxygens (including phenoxy) is 1. The summed E-state index contributed by atoms with van der Waals surface area (Å²) < 4.78 is 5.79. The predicted octanol–water partition coefficient (Wildman–Crippen LogP) is 5.16. The molecular weight excluding hydrogens is 322 g/mol. The van der Waals surface area contributed by atoms with Gasteiger partial charge in [0.25, 0.3) is 5.91 Å². The van der Waals surface area contributed by atoms with E-state index in [2.05, 4.69) is 31.3 Å². The van der Waals surface area contributed by atoms with E-state index in [1.165, 1.54) is 5.56 Å². The monoisotopic (exact) mass is 347 g/mol. The molecule has 0 saturated heterocycles. The van der Waals surface area contributed by atoms with Crippen LogP contribution in [-0.4, -0.2) is 18.6 Å².